The summed E-state index contributed by atoms with van der Waals surface area (Å²) >= 11 is 0. The van der Waals surface area contributed by atoms with Crippen LogP contribution in [-0.4, -0.2) is 33.7 Å². The Bertz CT molecular complexity index is 520. The summed E-state index contributed by atoms with van der Waals surface area (Å²) in [6, 6.07) is 5.21. The normalized spacial score (nSPS) is 11.2. The average molecular weight is 271 g/mol. The van der Waals surface area contributed by atoms with Crippen molar-refractivity contribution in [1.29, 1.82) is 0 Å². The molecule has 1 aromatic carbocycles. The summed E-state index contributed by atoms with van der Waals surface area (Å²) in [6.45, 7) is 2.15. The lowest BCUT2D eigenvalue weighted by Crippen LogP contribution is -2.34. The molecule has 0 heterocycles. The summed E-state index contributed by atoms with van der Waals surface area (Å²) in [5.41, 5.74) is 7.34. The van der Waals surface area contributed by atoms with Gasteiger partial charge in [0.25, 0.3) is 5.91 Å². The molecule has 0 spiro atoms. The van der Waals surface area contributed by atoms with Crippen LogP contribution < -0.4 is 15.8 Å². The van der Waals surface area contributed by atoms with Crippen LogP contribution in [0.4, 0.5) is 5.69 Å². The van der Waals surface area contributed by atoms with Crippen molar-refractivity contribution in [2.45, 2.75) is 6.92 Å². The van der Waals surface area contributed by atoms with Crippen LogP contribution in [0.3, 0.4) is 0 Å². The Morgan fingerprint density at radius 1 is 1.33 bits per heavy atom. The Hall–Kier alpha value is -1.60. The number of nitrogens with two attached hydrogens (primary N) is 1. The van der Waals surface area contributed by atoms with Gasteiger partial charge in [-0.1, -0.05) is 12.1 Å². The Morgan fingerprint density at radius 2 is 2.00 bits per heavy atom. The Morgan fingerprint density at radius 3 is 2.56 bits per heavy atom. The van der Waals surface area contributed by atoms with E-state index in [2.05, 4.69) is 10.0 Å². The van der Waals surface area contributed by atoms with E-state index in [0.717, 1.165) is 11.8 Å². The van der Waals surface area contributed by atoms with Gasteiger partial charge in [-0.05, 0) is 18.6 Å². The zero-order valence-electron chi connectivity index (χ0n) is 10.4. The Labute approximate surface area is 107 Å². The Kier molecular flexibility index (Phi) is 4.69. The van der Waals surface area contributed by atoms with Gasteiger partial charge in [-0.15, -0.1) is 0 Å². The molecule has 0 aliphatic rings. The summed E-state index contributed by atoms with van der Waals surface area (Å²) in [5, 5.41) is 2.61. The quantitative estimate of drug-likeness (QED) is 0.512. The van der Waals surface area contributed by atoms with E-state index in [1.807, 2.05) is 0 Å². The molecule has 0 aliphatic carbocycles. The van der Waals surface area contributed by atoms with Crippen molar-refractivity contribution in [1.82, 2.24) is 10.0 Å². The third-order valence-electron chi connectivity index (χ3n) is 2.31. The maximum absolute atomic E-state index is 11.8. The van der Waals surface area contributed by atoms with E-state index < -0.39 is 10.0 Å². The maximum Gasteiger partial charge on any atom is 0.253 e. The predicted octanol–water partition coefficient (Wildman–Crippen LogP) is -0.144. The van der Waals surface area contributed by atoms with Crippen molar-refractivity contribution < 1.29 is 13.2 Å². The second kappa shape index (κ2) is 5.83. The lowest BCUT2D eigenvalue weighted by molar-refractivity contribution is 0.0954. The van der Waals surface area contributed by atoms with Gasteiger partial charge < -0.3 is 11.1 Å². The minimum Gasteiger partial charge on any atom is -0.398 e. The number of nitrogens with one attached hydrogen (secondary N) is 2. The highest BCUT2D eigenvalue weighted by molar-refractivity contribution is 7.88. The molecule has 0 bridgehead atoms. The van der Waals surface area contributed by atoms with Crippen LogP contribution >= 0.6 is 0 Å². The lowest BCUT2D eigenvalue weighted by atomic mass is 10.1. The molecule has 7 heteroatoms. The van der Waals surface area contributed by atoms with Crippen LogP contribution in [0.25, 0.3) is 0 Å². The summed E-state index contributed by atoms with van der Waals surface area (Å²) in [4.78, 5) is 11.8. The van der Waals surface area contributed by atoms with Crippen molar-refractivity contribution in [3.63, 3.8) is 0 Å². The number of rotatable bonds is 5. The van der Waals surface area contributed by atoms with Crippen LogP contribution in [0.5, 0.6) is 0 Å². The molecule has 4 N–H and O–H groups in total. The highest BCUT2D eigenvalue weighted by Crippen LogP contribution is 2.15. The molecule has 100 valence electrons. The molecular formula is C11H17N3O3S. The SMILES string of the molecule is Cc1cccc(N)c1C(=O)NCCNS(C)(=O)=O. The first-order valence-corrected chi connectivity index (χ1v) is 7.28. The van der Waals surface area contributed by atoms with E-state index in [9.17, 15) is 13.2 Å². The van der Waals surface area contributed by atoms with Crippen LogP contribution in [0.15, 0.2) is 18.2 Å². The second-order valence-electron chi connectivity index (χ2n) is 3.96. The van der Waals surface area contributed by atoms with Crippen LogP contribution in [0, 0.1) is 6.92 Å². The van der Waals surface area contributed by atoms with Gasteiger partial charge in [-0.3, -0.25) is 4.79 Å². The second-order valence-corrected chi connectivity index (χ2v) is 5.79. The van der Waals surface area contributed by atoms with Crippen LogP contribution in [0.2, 0.25) is 0 Å². The highest BCUT2D eigenvalue weighted by Gasteiger charge is 2.11. The molecule has 1 rings (SSSR count). The minimum absolute atomic E-state index is 0.149. The number of sulfonamides is 1. The molecule has 0 aliphatic heterocycles. The molecule has 0 radical (unpaired) electrons. The van der Waals surface area contributed by atoms with Gasteiger partial charge in [0.05, 0.1) is 11.8 Å². The molecule has 1 aromatic rings. The van der Waals surface area contributed by atoms with Gasteiger partial charge in [-0.25, -0.2) is 13.1 Å². The molecule has 0 atom stereocenters. The molecule has 0 saturated carbocycles. The van der Waals surface area contributed by atoms with E-state index in [1.54, 1.807) is 25.1 Å². The summed E-state index contributed by atoms with van der Waals surface area (Å²) in [5.74, 6) is -0.305. The van der Waals surface area contributed by atoms with Crippen molar-refractivity contribution >= 4 is 21.6 Å². The van der Waals surface area contributed by atoms with Gasteiger partial charge in [0.2, 0.25) is 10.0 Å². The van der Waals surface area contributed by atoms with Gasteiger partial charge >= 0.3 is 0 Å². The predicted molar refractivity (Wildman–Crippen MR) is 70.8 cm³/mol. The molecule has 0 unspecified atom stereocenters. The summed E-state index contributed by atoms with van der Waals surface area (Å²) in [6.07, 6.45) is 1.06. The average Bonchev–Trinajstić information content (AvgIpc) is 2.23. The highest BCUT2D eigenvalue weighted by atomic mass is 32.2. The first-order valence-electron chi connectivity index (χ1n) is 5.39. The van der Waals surface area contributed by atoms with E-state index in [0.29, 0.717) is 11.3 Å². The number of hydrogen-bond acceptors (Lipinski definition) is 4. The van der Waals surface area contributed by atoms with E-state index >= 15 is 0 Å². The van der Waals surface area contributed by atoms with E-state index in [4.69, 9.17) is 5.73 Å². The number of hydrogen-bond donors (Lipinski definition) is 3. The number of amides is 1. The fraction of sp³-hybridized carbons (Fsp3) is 0.364. The molecule has 6 nitrogen and oxygen atoms in total. The molecule has 18 heavy (non-hydrogen) atoms. The first-order chi connectivity index (χ1) is 8.31. The molecule has 0 saturated heterocycles. The Balaban J connectivity index is 2.56. The van der Waals surface area contributed by atoms with Gasteiger partial charge in [-0.2, -0.15) is 0 Å². The zero-order chi connectivity index (χ0) is 13.8. The number of nitrogen functional groups attached to an aromatic ring is 1. The fourth-order valence-corrected chi connectivity index (χ4v) is 1.97. The first kappa shape index (κ1) is 14.5. The smallest absolute Gasteiger partial charge is 0.253 e. The molecular weight excluding hydrogens is 254 g/mol. The number of aryl methyl sites for hydroxylation is 1. The lowest BCUT2D eigenvalue weighted by Gasteiger charge is -2.10. The van der Waals surface area contributed by atoms with Crippen molar-refractivity contribution in [3.05, 3.63) is 29.3 Å². The maximum atomic E-state index is 11.8. The number of anilines is 1. The third kappa shape index (κ3) is 4.34. The standard InChI is InChI=1S/C11H17N3O3S/c1-8-4-3-5-9(12)10(8)11(15)13-6-7-14-18(2,16)17/h3-5,14H,6-7,12H2,1-2H3,(H,13,15). The van der Waals surface area contributed by atoms with Crippen LogP contribution in [-0.2, 0) is 10.0 Å². The number of carbonyl (C=O) groups is 1. The summed E-state index contributed by atoms with van der Waals surface area (Å²) < 4.78 is 23.9. The van der Waals surface area contributed by atoms with Gasteiger partial charge in [0.15, 0.2) is 0 Å². The molecule has 1 amide bonds. The molecule has 0 aromatic heterocycles. The van der Waals surface area contributed by atoms with Crippen molar-refractivity contribution in [2.24, 2.45) is 0 Å². The largest absolute Gasteiger partial charge is 0.398 e. The number of carbonyl (C=O) groups excluding carboxylic acids is 1. The van der Waals surface area contributed by atoms with Gasteiger partial charge in [0, 0.05) is 18.8 Å². The zero-order valence-corrected chi connectivity index (χ0v) is 11.2. The fourth-order valence-electron chi connectivity index (χ4n) is 1.50. The minimum atomic E-state index is -3.23. The third-order valence-corrected chi connectivity index (χ3v) is 3.04. The van der Waals surface area contributed by atoms with E-state index in [1.165, 1.54) is 0 Å². The topological polar surface area (TPSA) is 101 Å². The van der Waals surface area contributed by atoms with Crippen molar-refractivity contribution in [2.75, 3.05) is 25.1 Å². The van der Waals surface area contributed by atoms with E-state index in [-0.39, 0.29) is 19.0 Å². The monoisotopic (exact) mass is 271 g/mol. The summed E-state index contributed by atoms with van der Waals surface area (Å²) in [7, 11) is -3.23. The molecule has 0 fully saturated rings. The number of benzene rings is 1. The van der Waals surface area contributed by atoms with Gasteiger partial charge in [0.1, 0.15) is 0 Å². The van der Waals surface area contributed by atoms with Crippen LogP contribution in [0.1, 0.15) is 15.9 Å². The van der Waals surface area contributed by atoms with Crippen molar-refractivity contribution in [3.8, 4) is 0 Å².